The van der Waals surface area contributed by atoms with Gasteiger partial charge in [-0.3, -0.25) is 0 Å². The Kier molecular flexibility index (Phi) is 3.36. The van der Waals surface area contributed by atoms with E-state index in [9.17, 15) is 0 Å². The van der Waals surface area contributed by atoms with Crippen LogP contribution in [0.15, 0.2) is 115 Å². The molecule has 11 rings (SSSR count). The van der Waals surface area contributed by atoms with E-state index in [-0.39, 0.29) is 6.71 Å². The van der Waals surface area contributed by atoms with Crippen LogP contribution in [0.3, 0.4) is 0 Å². The number of hydrogen-bond donors (Lipinski definition) is 0. The van der Waals surface area contributed by atoms with Gasteiger partial charge in [-0.2, -0.15) is 0 Å². The predicted molar refractivity (Wildman–Crippen MR) is 173 cm³/mol. The lowest BCUT2D eigenvalue weighted by Crippen LogP contribution is -2.58. The number of nitrogens with zero attached hydrogens (tertiary/aromatic N) is 2. The summed E-state index contributed by atoms with van der Waals surface area (Å²) in [6.45, 7) is 0.203. The van der Waals surface area contributed by atoms with Crippen molar-refractivity contribution >= 4 is 98.2 Å². The number of benzene rings is 6. The first-order valence-corrected chi connectivity index (χ1v) is 14.7. The summed E-state index contributed by atoms with van der Waals surface area (Å²) in [5, 5.41) is 9.33. The van der Waals surface area contributed by atoms with Crippen molar-refractivity contribution in [1.29, 1.82) is 0 Å². The number of para-hydroxylation sites is 2. The fourth-order valence-corrected chi connectivity index (χ4v) is 9.32. The van der Waals surface area contributed by atoms with Crippen LogP contribution in [0.1, 0.15) is 0 Å². The summed E-state index contributed by atoms with van der Waals surface area (Å²) in [6, 6.07) is 43.1. The largest absolute Gasteiger partial charge is 0.310 e. The van der Waals surface area contributed by atoms with Crippen LogP contribution in [0.5, 0.6) is 0 Å². The summed E-state index contributed by atoms with van der Waals surface area (Å²) in [4.78, 5) is 0. The van der Waals surface area contributed by atoms with Gasteiger partial charge in [-0.05, 0) is 40.6 Å². The third kappa shape index (κ3) is 2.10. The third-order valence-electron chi connectivity index (χ3n) is 9.46. The highest BCUT2D eigenvalue weighted by Gasteiger charge is 2.42. The Morgan fingerprint density at radius 3 is 2.20 bits per heavy atom. The monoisotopic (exact) mass is 522 g/mol. The molecule has 0 saturated carbocycles. The maximum atomic E-state index is 2.60. The minimum Gasteiger partial charge on any atom is -0.310 e. The Labute approximate surface area is 233 Å². The molecule has 0 fully saturated rings. The number of hydrogen-bond acceptors (Lipinski definition) is 1. The van der Waals surface area contributed by atoms with Gasteiger partial charge in [0, 0.05) is 47.5 Å². The van der Waals surface area contributed by atoms with Crippen molar-refractivity contribution < 1.29 is 0 Å². The van der Waals surface area contributed by atoms with E-state index in [1.165, 1.54) is 91.5 Å². The molecule has 0 aliphatic carbocycles. The van der Waals surface area contributed by atoms with Gasteiger partial charge in [-0.25, -0.2) is 0 Å². The Bertz CT molecular complexity index is 2610. The molecule has 0 spiro atoms. The van der Waals surface area contributed by atoms with Crippen molar-refractivity contribution in [3.05, 3.63) is 115 Å². The summed E-state index contributed by atoms with van der Waals surface area (Å²) in [5.41, 5.74) is 10.9. The number of rotatable bonds is 0. The van der Waals surface area contributed by atoms with Gasteiger partial charge < -0.3 is 9.13 Å². The van der Waals surface area contributed by atoms with Crippen molar-refractivity contribution in [2.24, 2.45) is 0 Å². The smallest absolute Gasteiger partial charge is 0.264 e. The van der Waals surface area contributed by atoms with E-state index in [0.717, 1.165) is 0 Å². The minimum atomic E-state index is 0.203. The number of thiophene rings is 1. The first kappa shape index (κ1) is 20.2. The van der Waals surface area contributed by atoms with Crippen LogP contribution in [-0.4, -0.2) is 15.8 Å². The summed E-state index contributed by atoms with van der Waals surface area (Å²) in [5.74, 6) is 0. The Hall–Kier alpha value is -4.80. The Morgan fingerprint density at radius 2 is 1.25 bits per heavy atom. The average molecular weight is 522 g/mol. The van der Waals surface area contributed by atoms with Crippen LogP contribution >= 0.6 is 11.3 Å². The normalized spacial score (nSPS) is 13.4. The van der Waals surface area contributed by atoms with Gasteiger partial charge in [0.25, 0.3) is 6.71 Å². The molecule has 2 nitrogen and oxygen atoms in total. The zero-order chi connectivity index (χ0) is 25.7. The molecular weight excluding hydrogens is 503 g/mol. The van der Waals surface area contributed by atoms with E-state index in [1.54, 1.807) is 0 Å². The third-order valence-corrected chi connectivity index (χ3v) is 10.7. The molecule has 2 aliphatic rings. The predicted octanol–water partition coefficient (Wildman–Crippen LogP) is 7.39. The van der Waals surface area contributed by atoms with E-state index >= 15 is 0 Å². The molecule has 6 aromatic carbocycles. The quantitative estimate of drug-likeness (QED) is 0.184. The second-order valence-electron chi connectivity index (χ2n) is 11.3. The van der Waals surface area contributed by atoms with Crippen molar-refractivity contribution in [3.63, 3.8) is 0 Å². The second kappa shape index (κ2) is 6.67. The topological polar surface area (TPSA) is 9.86 Å². The molecular formula is C36H19BN2S. The lowest BCUT2D eigenvalue weighted by Gasteiger charge is -2.31. The van der Waals surface area contributed by atoms with Crippen LogP contribution in [0.4, 0.5) is 0 Å². The van der Waals surface area contributed by atoms with E-state index in [1.807, 2.05) is 11.3 Å². The maximum Gasteiger partial charge on any atom is 0.264 e. The highest BCUT2D eigenvalue weighted by Crippen LogP contribution is 2.45. The Balaban J connectivity index is 1.51. The van der Waals surface area contributed by atoms with Crippen LogP contribution in [0.25, 0.3) is 75.8 Å². The summed E-state index contributed by atoms with van der Waals surface area (Å²) < 4.78 is 8.00. The molecule has 3 aromatic heterocycles. The average Bonchev–Trinajstić information content (AvgIpc) is 3.67. The molecule has 0 radical (unpaired) electrons. The number of aromatic nitrogens is 2. The first-order chi connectivity index (χ1) is 19.9. The summed E-state index contributed by atoms with van der Waals surface area (Å²) in [7, 11) is 0. The molecule has 0 unspecified atom stereocenters. The molecule has 5 heterocycles. The van der Waals surface area contributed by atoms with Gasteiger partial charge in [-0.1, -0.05) is 91.0 Å². The maximum absolute atomic E-state index is 2.60. The van der Waals surface area contributed by atoms with Gasteiger partial charge in [0.15, 0.2) is 0 Å². The fraction of sp³-hybridized carbons (Fsp3) is 0. The van der Waals surface area contributed by atoms with Crippen molar-refractivity contribution in [3.8, 4) is 11.4 Å². The van der Waals surface area contributed by atoms with Gasteiger partial charge >= 0.3 is 0 Å². The molecule has 0 amide bonds. The molecule has 182 valence electrons. The van der Waals surface area contributed by atoms with Gasteiger partial charge in [0.2, 0.25) is 0 Å². The zero-order valence-electron chi connectivity index (χ0n) is 21.3. The lowest BCUT2D eigenvalue weighted by molar-refractivity contribution is 1.18. The van der Waals surface area contributed by atoms with Crippen LogP contribution < -0.4 is 15.7 Å². The van der Waals surface area contributed by atoms with E-state index < -0.39 is 0 Å². The highest BCUT2D eigenvalue weighted by molar-refractivity contribution is 7.33. The van der Waals surface area contributed by atoms with Crippen LogP contribution in [-0.2, 0) is 0 Å². The molecule has 0 N–H and O–H groups in total. The fourth-order valence-electron chi connectivity index (χ4n) is 8.00. The van der Waals surface area contributed by atoms with Gasteiger partial charge in [0.05, 0.1) is 27.8 Å². The van der Waals surface area contributed by atoms with Crippen molar-refractivity contribution in [2.75, 3.05) is 0 Å². The van der Waals surface area contributed by atoms with Gasteiger partial charge in [-0.15, -0.1) is 11.3 Å². The second-order valence-corrected chi connectivity index (χ2v) is 12.3. The highest BCUT2D eigenvalue weighted by atomic mass is 32.1. The lowest BCUT2D eigenvalue weighted by atomic mass is 9.37. The van der Waals surface area contributed by atoms with E-state index in [4.69, 9.17) is 0 Å². The van der Waals surface area contributed by atoms with Crippen molar-refractivity contribution in [2.45, 2.75) is 0 Å². The standard InChI is InChI=1S/C36H19BN2S/c1-2-10-21-20(9-1)17-18-23-26-19-25-22-11-3-6-14-28(22)38-33(25)31-34(26)39(32(21)23)29-15-7-5-13-27(29)37(31)36-35(38)24-12-4-8-16-30(24)40-36/h1-19H. The van der Waals surface area contributed by atoms with Crippen molar-refractivity contribution in [1.82, 2.24) is 9.13 Å². The molecule has 0 saturated heterocycles. The van der Waals surface area contributed by atoms with E-state index in [0.29, 0.717) is 0 Å². The number of fused-ring (bicyclic) bond motifs is 16. The summed E-state index contributed by atoms with van der Waals surface area (Å²) in [6.07, 6.45) is 0. The first-order valence-electron chi connectivity index (χ1n) is 13.9. The molecule has 4 heteroatoms. The van der Waals surface area contributed by atoms with Gasteiger partial charge in [0.1, 0.15) is 0 Å². The SMILES string of the molecule is c1ccc2c(c1)B1c3sc4ccccc4c3-n3c4ccccc4c4cc5c6ccc7ccccc7c6n-2c5c1c43. The van der Waals surface area contributed by atoms with Crippen LogP contribution in [0.2, 0.25) is 0 Å². The van der Waals surface area contributed by atoms with Crippen LogP contribution in [0, 0.1) is 0 Å². The molecule has 0 bridgehead atoms. The Morgan fingerprint density at radius 1 is 0.525 bits per heavy atom. The summed E-state index contributed by atoms with van der Waals surface area (Å²) >= 11 is 1.97. The van der Waals surface area contributed by atoms with E-state index in [2.05, 4.69) is 124 Å². The molecule has 0 atom stereocenters. The minimum absolute atomic E-state index is 0.203. The molecule has 40 heavy (non-hydrogen) atoms. The molecule has 9 aromatic rings. The zero-order valence-corrected chi connectivity index (χ0v) is 22.2. The molecule has 2 aliphatic heterocycles.